The molecule has 1 aromatic carbocycles. The van der Waals surface area contributed by atoms with Gasteiger partial charge < -0.3 is 10.1 Å². The van der Waals surface area contributed by atoms with E-state index in [1.54, 1.807) is 6.07 Å². The van der Waals surface area contributed by atoms with Gasteiger partial charge >= 0.3 is 0 Å². The summed E-state index contributed by atoms with van der Waals surface area (Å²) in [5.74, 6) is 0.892. The molecule has 0 spiro atoms. The molecule has 112 valence electrons. The maximum Gasteiger partial charge on any atom is 0.219 e. The van der Waals surface area contributed by atoms with Gasteiger partial charge in [0, 0.05) is 18.3 Å². The predicted octanol–water partition coefficient (Wildman–Crippen LogP) is 4.13. The number of aromatic nitrogens is 1. The lowest BCUT2D eigenvalue weighted by Crippen LogP contribution is -2.15. The van der Waals surface area contributed by atoms with E-state index in [0.29, 0.717) is 11.6 Å². The number of hydrogen-bond donors (Lipinski definition) is 1. The van der Waals surface area contributed by atoms with Gasteiger partial charge in [-0.05, 0) is 56.1 Å². The van der Waals surface area contributed by atoms with Crippen LogP contribution in [0.5, 0.6) is 11.6 Å². The van der Waals surface area contributed by atoms with Crippen molar-refractivity contribution >= 4 is 0 Å². The molecular formula is C17H21FN2O. The average molecular weight is 288 g/mol. The monoisotopic (exact) mass is 288 g/mol. The second-order valence-corrected chi connectivity index (χ2v) is 5.08. The molecule has 0 fully saturated rings. The number of halogens is 1. The Hall–Kier alpha value is -1.94. The van der Waals surface area contributed by atoms with Crippen molar-refractivity contribution in [1.82, 2.24) is 10.3 Å². The van der Waals surface area contributed by atoms with E-state index in [4.69, 9.17) is 4.74 Å². The predicted molar refractivity (Wildman–Crippen MR) is 82.2 cm³/mol. The third-order valence-corrected chi connectivity index (χ3v) is 3.26. The zero-order valence-electron chi connectivity index (χ0n) is 12.7. The Balaban J connectivity index is 2.09. The molecule has 0 aliphatic heterocycles. The molecule has 0 atom stereocenters. The molecule has 2 aromatic rings. The summed E-state index contributed by atoms with van der Waals surface area (Å²) in [5.41, 5.74) is 2.85. The quantitative estimate of drug-likeness (QED) is 0.812. The van der Waals surface area contributed by atoms with Crippen molar-refractivity contribution in [3.63, 3.8) is 0 Å². The van der Waals surface area contributed by atoms with Crippen LogP contribution >= 0.6 is 0 Å². The smallest absolute Gasteiger partial charge is 0.219 e. The summed E-state index contributed by atoms with van der Waals surface area (Å²) in [7, 11) is 0. The Morgan fingerprint density at radius 3 is 2.67 bits per heavy atom. The van der Waals surface area contributed by atoms with Gasteiger partial charge in [0.15, 0.2) is 0 Å². The number of ether oxygens (including phenoxy) is 1. The van der Waals surface area contributed by atoms with E-state index in [1.165, 1.54) is 12.1 Å². The molecule has 1 aromatic heterocycles. The fourth-order valence-corrected chi connectivity index (χ4v) is 2.05. The van der Waals surface area contributed by atoms with Gasteiger partial charge in [-0.25, -0.2) is 9.37 Å². The third kappa shape index (κ3) is 4.26. The maximum absolute atomic E-state index is 13.1. The molecule has 0 aliphatic carbocycles. The van der Waals surface area contributed by atoms with Gasteiger partial charge in [-0.1, -0.05) is 13.0 Å². The fourth-order valence-electron chi connectivity index (χ4n) is 2.05. The van der Waals surface area contributed by atoms with Crippen LogP contribution in [0.2, 0.25) is 0 Å². The van der Waals surface area contributed by atoms with Crippen molar-refractivity contribution in [1.29, 1.82) is 0 Å². The Morgan fingerprint density at radius 1 is 1.19 bits per heavy atom. The molecule has 0 amide bonds. The Labute approximate surface area is 125 Å². The zero-order valence-corrected chi connectivity index (χ0v) is 12.7. The zero-order chi connectivity index (χ0) is 15.2. The van der Waals surface area contributed by atoms with Crippen molar-refractivity contribution in [3.05, 3.63) is 53.0 Å². The SMILES string of the molecule is CCCNCc1ccc(Oc2ccc(F)cc2C)nc1C. The minimum Gasteiger partial charge on any atom is -0.439 e. The Bertz CT molecular complexity index is 614. The van der Waals surface area contributed by atoms with Crippen LogP contribution in [0.1, 0.15) is 30.2 Å². The van der Waals surface area contributed by atoms with E-state index in [-0.39, 0.29) is 5.82 Å². The molecule has 0 radical (unpaired) electrons. The van der Waals surface area contributed by atoms with Gasteiger partial charge in [-0.3, -0.25) is 0 Å². The average Bonchev–Trinajstić information content (AvgIpc) is 2.44. The van der Waals surface area contributed by atoms with E-state index in [9.17, 15) is 4.39 Å². The van der Waals surface area contributed by atoms with Crippen LogP contribution < -0.4 is 10.1 Å². The number of nitrogens with one attached hydrogen (secondary N) is 1. The largest absolute Gasteiger partial charge is 0.439 e. The van der Waals surface area contributed by atoms with E-state index in [2.05, 4.69) is 17.2 Å². The van der Waals surface area contributed by atoms with Crippen LogP contribution in [0.25, 0.3) is 0 Å². The second-order valence-electron chi connectivity index (χ2n) is 5.08. The Kier molecular flexibility index (Phi) is 5.28. The standard InChI is InChI=1S/C17H21FN2O/c1-4-9-19-11-14-5-8-17(20-13(14)3)21-16-7-6-15(18)10-12(16)2/h5-8,10,19H,4,9,11H2,1-3H3. The molecule has 2 rings (SSSR count). The molecule has 1 heterocycles. The third-order valence-electron chi connectivity index (χ3n) is 3.26. The van der Waals surface area contributed by atoms with Crippen molar-refractivity contribution in [2.45, 2.75) is 33.7 Å². The van der Waals surface area contributed by atoms with E-state index < -0.39 is 0 Å². The van der Waals surface area contributed by atoms with Crippen LogP contribution in [0.4, 0.5) is 4.39 Å². The Morgan fingerprint density at radius 2 is 2.00 bits per heavy atom. The van der Waals surface area contributed by atoms with Crippen molar-refractivity contribution in [3.8, 4) is 11.6 Å². The minimum absolute atomic E-state index is 0.263. The lowest BCUT2D eigenvalue weighted by atomic mass is 10.2. The van der Waals surface area contributed by atoms with Crippen molar-refractivity contribution in [2.75, 3.05) is 6.54 Å². The lowest BCUT2D eigenvalue weighted by Gasteiger charge is -2.11. The minimum atomic E-state index is -0.263. The molecule has 0 saturated carbocycles. The van der Waals surface area contributed by atoms with E-state index in [0.717, 1.165) is 36.3 Å². The molecule has 0 unspecified atom stereocenters. The normalized spacial score (nSPS) is 10.7. The summed E-state index contributed by atoms with van der Waals surface area (Å²) in [6, 6.07) is 8.32. The number of pyridine rings is 1. The summed E-state index contributed by atoms with van der Waals surface area (Å²) in [6.45, 7) is 7.72. The summed E-state index contributed by atoms with van der Waals surface area (Å²) in [4.78, 5) is 4.45. The van der Waals surface area contributed by atoms with Gasteiger partial charge in [0.1, 0.15) is 11.6 Å². The van der Waals surface area contributed by atoms with E-state index >= 15 is 0 Å². The number of nitrogens with zero attached hydrogens (tertiary/aromatic N) is 1. The molecule has 4 heteroatoms. The van der Waals surface area contributed by atoms with Crippen LogP contribution in [0, 0.1) is 19.7 Å². The molecule has 0 bridgehead atoms. The summed E-state index contributed by atoms with van der Waals surface area (Å²) < 4.78 is 18.8. The number of hydrogen-bond acceptors (Lipinski definition) is 3. The van der Waals surface area contributed by atoms with Crippen molar-refractivity contribution in [2.24, 2.45) is 0 Å². The number of benzene rings is 1. The highest BCUT2D eigenvalue weighted by Crippen LogP contribution is 2.24. The highest BCUT2D eigenvalue weighted by molar-refractivity contribution is 5.36. The van der Waals surface area contributed by atoms with Crippen LogP contribution in [-0.4, -0.2) is 11.5 Å². The van der Waals surface area contributed by atoms with Gasteiger partial charge in [0.2, 0.25) is 5.88 Å². The van der Waals surface area contributed by atoms with E-state index in [1.807, 2.05) is 26.0 Å². The van der Waals surface area contributed by atoms with Crippen LogP contribution in [0.15, 0.2) is 30.3 Å². The number of rotatable bonds is 6. The first kappa shape index (κ1) is 15.4. The molecule has 3 nitrogen and oxygen atoms in total. The highest BCUT2D eigenvalue weighted by atomic mass is 19.1. The lowest BCUT2D eigenvalue weighted by molar-refractivity contribution is 0.455. The molecule has 0 aliphatic rings. The number of aryl methyl sites for hydroxylation is 2. The highest BCUT2D eigenvalue weighted by Gasteiger charge is 2.06. The van der Waals surface area contributed by atoms with Gasteiger partial charge in [0.25, 0.3) is 0 Å². The van der Waals surface area contributed by atoms with Gasteiger partial charge in [0.05, 0.1) is 0 Å². The molecular weight excluding hydrogens is 267 g/mol. The first-order chi connectivity index (χ1) is 10.1. The first-order valence-electron chi connectivity index (χ1n) is 7.21. The van der Waals surface area contributed by atoms with Gasteiger partial charge in [-0.15, -0.1) is 0 Å². The topological polar surface area (TPSA) is 34.1 Å². The van der Waals surface area contributed by atoms with Crippen LogP contribution in [0.3, 0.4) is 0 Å². The van der Waals surface area contributed by atoms with Crippen LogP contribution in [-0.2, 0) is 6.54 Å². The molecule has 1 N–H and O–H groups in total. The summed E-state index contributed by atoms with van der Waals surface area (Å²) >= 11 is 0. The summed E-state index contributed by atoms with van der Waals surface area (Å²) in [6.07, 6.45) is 1.11. The molecule has 21 heavy (non-hydrogen) atoms. The second kappa shape index (κ2) is 7.18. The maximum atomic E-state index is 13.1. The molecule has 0 saturated heterocycles. The van der Waals surface area contributed by atoms with Crippen molar-refractivity contribution < 1.29 is 9.13 Å². The van der Waals surface area contributed by atoms with Gasteiger partial charge in [-0.2, -0.15) is 0 Å². The summed E-state index contributed by atoms with van der Waals surface area (Å²) in [5, 5.41) is 3.35. The first-order valence-corrected chi connectivity index (χ1v) is 7.21. The fraction of sp³-hybridized carbons (Fsp3) is 0.353.